The molecule has 0 saturated carbocycles. The van der Waals surface area contributed by atoms with Crippen molar-refractivity contribution in [2.45, 2.75) is 6.92 Å². The van der Waals surface area contributed by atoms with E-state index in [0.29, 0.717) is 0 Å². The minimum atomic E-state index is -0.935. The fourth-order valence-corrected chi connectivity index (χ4v) is 0. The van der Waals surface area contributed by atoms with Crippen LogP contribution in [0.2, 0.25) is 0 Å². The molecule has 0 aromatic carbocycles. The number of halogens is 1. The highest BCUT2D eigenvalue weighted by atomic mass is 19.1. The van der Waals surface area contributed by atoms with Gasteiger partial charge in [0, 0.05) is 5.57 Å². The zero-order valence-electron chi connectivity index (χ0n) is 4.44. The molecule has 0 fully saturated rings. The quantitative estimate of drug-likeness (QED) is 0.523. The number of rotatable bonds is 1. The Morgan fingerprint density at radius 3 is 1.88 bits per heavy atom. The third-order valence-electron chi connectivity index (χ3n) is 0.365. The van der Waals surface area contributed by atoms with Crippen LogP contribution in [-0.2, 0) is 4.79 Å². The molecule has 3 heteroatoms. The second-order valence-corrected chi connectivity index (χ2v) is 1.09. The van der Waals surface area contributed by atoms with E-state index in [1.807, 2.05) is 0 Å². The molecule has 8 heavy (non-hydrogen) atoms. The second-order valence-electron chi connectivity index (χ2n) is 1.09. The molecule has 2 nitrogen and oxygen atoms in total. The lowest BCUT2D eigenvalue weighted by atomic mass is 10.4. The summed E-state index contributed by atoms with van der Waals surface area (Å²) in [5, 5.41) is 7.89. The van der Waals surface area contributed by atoms with Crippen LogP contribution < -0.4 is 0 Å². The summed E-state index contributed by atoms with van der Waals surface area (Å²) in [6.45, 7) is 4.60. The van der Waals surface area contributed by atoms with E-state index in [4.69, 9.17) is 9.50 Å². The lowest BCUT2D eigenvalue weighted by molar-refractivity contribution is -0.132. The van der Waals surface area contributed by atoms with Gasteiger partial charge in [0.05, 0.1) is 0 Å². The van der Waals surface area contributed by atoms with Gasteiger partial charge in [-0.2, -0.15) is 0 Å². The lowest BCUT2D eigenvalue weighted by Gasteiger charge is -1.79. The van der Waals surface area contributed by atoms with E-state index in [1.54, 1.807) is 0 Å². The van der Waals surface area contributed by atoms with Crippen molar-refractivity contribution in [1.82, 2.24) is 0 Å². The van der Waals surface area contributed by atoms with Gasteiger partial charge >= 0.3 is 5.97 Å². The molecule has 1 N–H and O–H groups in total. The highest BCUT2D eigenvalue weighted by molar-refractivity contribution is 5.84. The Morgan fingerprint density at radius 2 is 1.88 bits per heavy atom. The summed E-state index contributed by atoms with van der Waals surface area (Å²) in [6.07, 6.45) is 0. The molecule has 0 rings (SSSR count). The van der Waals surface area contributed by atoms with Gasteiger partial charge in [-0.15, -0.1) is 0 Å². The zero-order chi connectivity index (χ0) is 7.15. The third-order valence-corrected chi connectivity index (χ3v) is 0.365. The standard InChI is InChI=1S/C4H6O2.CF/c1-3(2)4(5)6;1-2/h1H2,2H3,(H,5,6);. The van der Waals surface area contributed by atoms with Crippen LogP contribution in [-0.4, -0.2) is 11.1 Å². The molecular formula is C5H6FO2. The summed E-state index contributed by atoms with van der Waals surface area (Å²) in [7, 11) is 4.25. The van der Waals surface area contributed by atoms with Crippen molar-refractivity contribution in [3.8, 4) is 0 Å². The van der Waals surface area contributed by atoms with E-state index >= 15 is 0 Å². The Balaban J connectivity index is 0. The lowest BCUT2D eigenvalue weighted by Crippen LogP contribution is -1.92. The van der Waals surface area contributed by atoms with E-state index in [1.165, 1.54) is 6.92 Å². The number of hydrogen-bond acceptors (Lipinski definition) is 1. The zero-order valence-corrected chi connectivity index (χ0v) is 4.44. The van der Waals surface area contributed by atoms with Crippen LogP contribution in [0.5, 0.6) is 0 Å². The fraction of sp³-hybridized carbons (Fsp3) is 0.200. The van der Waals surface area contributed by atoms with Gasteiger partial charge in [0.15, 0.2) is 0 Å². The largest absolute Gasteiger partial charge is 0.478 e. The fourth-order valence-electron chi connectivity index (χ4n) is 0. The molecule has 0 aromatic rings. The maximum Gasteiger partial charge on any atom is 0.330 e. The summed E-state index contributed by atoms with van der Waals surface area (Å²) < 4.78 is 8.75. The molecule has 0 bridgehead atoms. The Kier molecular flexibility index (Phi) is 7.82. The minimum absolute atomic E-state index is 0.176. The summed E-state index contributed by atoms with van der Waals surface area (Å²) >= 11 is 0. The van der Waals surface area contributed by atoms with E-state index < -0.39 is 5.97 Å². The average molecular weight is 117 g/mol. The van der Waals surface area contributed by atoms with Gasteiger partial charge in [0.2, 0.25) is 7.18 Å². The molecule has 0 aromatic heterocycles. The normalized spacial score (nSPS) is 6.38. The van der Waals surface area contributed by atoms with E-state index in [0.717, 1.165) is 0 Å². The molecular weight excluding hydrogens is 111 g/mol. The van der Waals surface area contributed by atoms with Crippen molar-refractivity contribution < 1.29 is 14.3 Å². The third kappa shape index (κ3) is 8.94. The van der Waals surface area contributed by atoms with Crippen molar-refractivity contribution in [2.24, 2.45) is 0 Å². The van der Waals surface area contributed by atoms with Crippen LogP contribution in [0.3, 0.4) is 0 Å². The Hall–Kier alpha value is -0.860. The molecule has 0 unspecified atom stereocenters. The first-order valence-corrected chi connectivity index (χ1v) is 1.72. The molecule has 45 valence electrons. The Bertz CT molecular complexity index is 76.4. The molecule has 0 saturated heterocycles. The maximum atomic E-state index is 9.60. The molecule has 0 aliphatic carbocycles. The van der Waals surface area contributed by atoms with Crippen molar-refractivity contribution in [1.29, 1.82) is 0 Å². The van der Waals surface area contributed by atoms with Crippen LogP contribution in [0, 0.1) is 7.18 Å². The molecule has 3 radical (unpaired) electrons. The maximum absolute atomic E-state index is 9.60. The molecule has 0 amide bonds. The van der Waals surface area contributed by atoms with Crippen LogP contribution in [0.1, 0.15) is 6.92 Å². The minimum Gasteiger partial charge on any atom is -0.478 e. The van der Waals surface area contributed by atoms with Gasteiger partial charge in [-0.25, -0.2) is 9.18 Å². The number of aliphatic carboxylic acids is 1. The summed E-state index contributed by atoms with van der Waals surface area (Å²) in [6, 6.07) is 0. The molecule has 0 atom stereocenters. The summed E-state index contributed by atoms with van der Waals surface area (Å²) in [4.78, 5) is 9.60. The van der Waals surface area contributed by atoms with Crippen LogP contribution >= 0.6 is 0 Å². The Labute approximate surface area is 47.6 Å². The van der Waals surface area contributed by atoms with Crippen LogP contribution in [0.4, 0.5) is 4.39 Å². The Morgan fingerprint density at radius 1 is 1.75 bits per heavy atom. The topological polar surface area (TPSA) is 37.3 Å². The SMILES string of the molecule is C=C(C)C(=O)O.[C]F. The summed E-state index contributed by atoms with van der Waals surface area (Å²) in [5.74, 6) is -0.935. The number of hydrogen-bond donors (Lipinski definition) is 1. The number of carboxylic acids is 1. The summed E-state index contributed by atoms with van der Waals surface area (Å²) in [5.41, 5.74) is 0.176. The predicted octanol–water partition coefficient (Wildman–Crippen LogP) is 1.15. The average Bonchev–Trinajstić information content (AvgIpc) is 1.72. The predicted molar refractivity (Wildman–Crippen MR) is 26.8 cm³/mol. The second kappa shape index (κ2) is 6.14. The van der Waals surface area contributed by atoms with Gasteiger partial charge < -0.3 is 5.11 Å². The van der Waals surface area contributed by atoms with Crippen molar-refractivity contribution in [3.05, 3.63) is 19.3 Å². The molecule has 0 heterocycles. The molecule has 0 aliphatic rings. The number of carbonyl (C=O) groups is 1. The van der Waals surface area contributed by atoms with Gasteiger partial charge in [0.25, 0.3) is 0 Å². The first kappa shape index (κ1) is 10.2. The first-order valence-electron chi connectivity index (χ1n) is 1.72. The number of carboxylic acid groups (broad SMARTS) is 1. The van der Waals surface area contributed by atoms with Gasteiger partial charge in [-0.1, -0.05) is 6.58 Å². The monoisotopic (exact) mass is 117 g/mol. The highest BCUT2D eigenvalue weighted by Gasteiger charge is 1.90. The smallest absolute Gasteiger partial charge is 0.330 e. The van der Waals surface area contributed by atoms with Gasteiger partial charge in [-0.05, 0) is 6.92 Å². The van der Waals surface area contributed by atoms with Crippen molar-refractivity contribution in [3.63, 3.8) is 0 Å². The molecule has 0 spiro atoms. The van der Waals surface area contributed by atoms with Crippen LogP contribution in [0.15, 0.2) is 12.2 Å². The van der Waals surface area contributed by atoms with E-state index in [2.05, 4.69) is 13.8 Å². The highest BCUT2D eigenvalue weighted by Crippen LogP contribution is 1.81. The molecule has 0 aliphatic heterocycles. The van der Waals surface area contributed by atoms with E-state index in [9.17, 15) is 4.79 Å². The van der Waals surface area contributed by atoms with Crippen molar-refractivity contribution >= 4 is 5.97 Å². The first-order chi connectivity index (χ1) is 3.64. The van der Waals surface area contributed by atoms with Gasteiger partial charge in [-0.3, -0.25) is 0 Å². The van der Waals surface area contributed by atoms with Crippen LogP contribution in [0.25, 0.3) is 0 Å². The van der Waals surface area contributed by atoms with E-state index in [-0.39, 0.29) is 5.57 Å². The van der Waals surface area contributed by atoms with Crippen molar-refractivity contribution in [2.75, 3.05) is 0 Å². The van der Waals surface area contributed by atoms with Gasteiger partial charge in [0.1, 0.15) is 0 Å².